The van der Waals surface area contributed by atoms with Gasteiger partial charge in [0.05, 0.1) is 6.54 Å². The quantitative estimate of drug-likeness (QED) is 0.826. The van der Waals surface area contributed by atoms with Crippen molar-refractivity contribution in [3.05, 3.63) is 36.3 Å². The highest BCUT2D eigenvalue weighted by atomic mass is 16.3. The molecule has 0 amide bonds. The number of rotatable bonds is 5. The molecule has 2 aromatic rings. The van der Waals surface area contributed by atoms with Crippen LogP contribution in [0.25, 0.3) is 0 Å². The highest BCUT2D eigenvalue weighted by molar-refractivity contribution is 5.05. The molecule has 5 heteroatoms. The number of hydrogen-bond acceptors (Lipinski definition) is 4. The Bertz CT molecular complexity index is 421. The molecule has 2 aromatic heterocycles. The molecule has 2 heterocycles. The fourth-order valence-electron chi connectivity index (χ4n) is 1.55. The van der Waals surface area contributed by atoms with E-state index in [2.05, 4.69) is 22.4 Å². The van der Waals surface area contributed by atoms with E-state index in [1.165, 1.54) is 0 Å². The van der Waals surface area contributed by atoms with E-state index in [0.29, 0.717) is 6.04 Å². The summed E-state index contributed by atoms with van der Waals surface area (Å²) < 4.78 is 7.42. The zero-order chi connectivity index (χ0) is 11.4. The van der Waals surface area contributed by atoms with Crippen molar-refractivity contribution in [1.29, 1.82) is 0 Å². The van der Waals surface area contributed by atoms with Gasteiger partial charge in [0, 0.05) is 12.6 Å². The Labute approximate surface area is 94.5 Å². The van der Waals surface area contributed by atoms with E-state index in [1.54, 1.807) is 12.7 Å². The van der Waals surface area contributed by atoms with Gasteiger partial charge in [0.25, 0.3) is 0 Å². The summed E-state index contributed by atoms with van der Waals surface area (Å²) in [5.41, 5.74) is 0. The molecular formula is C11H16N4O. The third-order valence-corrected chi connectivity index (χ3v) is 2.37. The lowest BCUT2D eigenvalue weighted by Gasteiger charge is -2.12. The Morgan fingerprint density at radius 1 is 1.38 bits per heavy atom. The van der Waals surface area contributed by atoms with Gasteiger partial charge in [0.1, 0.15) is 24.2 Å². The molecule has 0 fully saturated rings. The minimum absolute atomic E-state index is 0.349. The van der Waals surface area contributed by atoms with E-state index >= 15 is 0 Å². The highest BCUT2D eigenvalue weighted by Crippen LogP contribution is 2.05. The second kappa shape index (κ2) is 4.94. The molecule has 0 saturated carbocycles. The maximum atomic E-state index is 5.48. The summed E-state index contributed by atoms with van der Waals surface area (Å²) in [6, 6.07) is 4.32. The molecule has 1 atom stereocenters. The summed E-state index contributed by atoms with van der Waals surface area (Å²) >= 11 is 0. The third-order valence-electron chi connectivity index (χ3n) is 2.37. The Morgan fingerprint density at radius 2 is 2.12 bits per heavy atom. The molecular weight excluding hydrogens is 204 g/mol. The lowest BCUT2D eigenvalue weighted by atomic mass is 10.3. The first kappa shape index (κ1) is 10.9. The number of furan rings is 1. The predicted molar refractivity (Wildman–Crippen MR) is 59.8 cm³/mol. The number of hydrogen-bond donors (Lipinski definition) is 1. The second-order valence-electron chi connectivity index (χ2n) is 3.95. The molecule has 0 aliphatic heterocycles. The van der Waals surface area contributed by atoms with E-state index in [9.17, 15) is 0 Å². The van der Waals surface area contributed by atoms with Crippen LogP contribution >= 0.6 is 0 Å². The van der Waals surface area contributed by atoms with Gasteiger partial charge in [-0.3, -0.25) is 0 Å². The average Bonchev–Trinajstić information content (AvgIpc) is 2.87. The lowest BCUT2D eigenvalue weighted by molar-refractivity contribution is 0.418. The largest absolute Gasteiger partial charge is 0.465 e. The molecule has 5 nitrogen and oxygen atoms in total. The van der Waals surface area contributed by atoms with Crippen LogP contribution < -0.4 is 5.32 Å². The van der Waals surface area contributed by atoms with Crippen molar-refractivity contribution in [2.75, 3.05) is 0 Å². The van der Waals surface area contributed by atoms with Gasteiger partial charge >= 0.3 is 0 Å². The minimum Gasteiger partial charge on any atom is -0.465 e. The predicted octanol–water partition coefficient (Wildman–Crippen LogP) is 1.36. The molecule has 0 saturated heterocycles. The monoisotopic (exact) mass is 220 g/mol. The van der Waals surface area contributed by atoms with E-state index in [0.717, 1.165) is 24.6 Å². The molecule has 1 N–H and O–H groups in total. The second-order valence-corrected chi connectivity index (χ2v) is 3.95. The molecule has 0 bridgehead atoms. The van der Waals surface area contributed by atoms with Gasteiger partial charge in [-0.05, 0) is 26.0 Å². The van der Waals surface area contributed by atoms with Gasteiger partial charge in [-0.15, -0.1) is 10.2 Å². The standard InChI is InChI=1S/C11H16N4O/c1-9(6-15-7-13-14-8-15)12-5-11-4-3-10(2)16-11/h3-4,7-9,12H,5-6H2,1-2H3. The topological polar surface area (TPSA) is 55.9 Å². The first-order valence-electron chi connectivity index (χ1n) is 5.35. The van der Waals surface area contributed by atoms with Crippen LogP contribution in [-0.2, 0) is 13.1 Å². The Hall–Kier alpha value is -1.62. The summed E-state index contributed by atoms with van der Waals surface area (Å²) in [5, 5.41) is 10.9. The van der Waals surface area contributed by atoms with Gasteiger partial charge in [0.15, 0.2) is 0 Å². The van der Waals surface area contributed by atoms with Crippen LogP contribution in [0.5, 0.6) is 0 Å². The van der Waals surface area contributed by atoms with Crippen molar-refractivity contribution >= 4 is 0 Å². The molecule has 1 unspecified atom stereocenters. The van der Waals surface area contributed by atoms with Crippen LogP contribution in [0, 0.1) is 6.92 Å². The third kappa shape index (κ3) is 2.93. The summed E-state index contributed by atoms with van der Waals surface area (Å²) in [6.07, 6.45) is 3.43. The van der Waals surface area contributed by atoms with E-state index in [4.69, 9.17) is 4.42 Å². The van der Waals surface area contributed by atoms with Crippen molar-refractivity contribution in [3.8, 4) is 0 Å². The normalized spacial score (nSPS) is 12.9. The summed E-state index contributed by atoms with van der Waals surface area (Å²) in [4.78, 5) is 0. The maximum Gasteiger partial charge on any atom is 0.119 e. The Balaban J connectivity index is 1.77. The number of nitrogens with zero attached hydrogens (tertiary/aromatic N) is 3. The van der Waals surface area contributed by atoms with Gasteiger partial charge < -0.3 is 14.3 Å². The van der Waals surface area contributed by atoms with Crippen molar-refractivity contribution in [2.45, 2.75) is 33.0 Å². The first-order valence-corrected chi connectivity index (χ1v) is 5.35. The summed E-state index contributed by atoms with van der Waals surface area (Å²) in [7, 11) is 0. The lowest BCUT2D eigenvalue weighted by Crippen LogP contribution is -2.29. The van der Waals surface area contributed by atoms with Crippen LogP contribution in [0.4, 0.5) is 0 Å². The smallest absolute Gasteiger partial charge is 0.119 e. The Morgan fingerprint density at radius 3 is 2.75 bits per heavy atom. The van der Waals surface area contributed by atoms with E-state index in [-0.39, 0.29) is 0 Å². The van der Waals surface area contributed by atoms with Crippen LogP contribution in [0.3, 0.4) is 0 Å². The van der Waals surface area contributed by atoms with Crippen molar-refractivity contribution < 1.29 is 4.42 Å². The average molecular weight is 220 g/mol. The zero-order valence-electron chi connectivity index (χ0n) is 9.55. The maximum absolute atomic E-state index is 5.48. The zero-order valence-corrected chi connectivity index (χ0v) is 9.55. The minimum atomic E-state index is 0.349. The van der Waals surface area contributed by atoms with Crippen LogP contribution in [0.2, 0.25) is 0 Å². The SMILES string of the molecule is Cc1ccc(CNC(C)Cn2cnnc2)o1. The molecule has 2 rings (SSSR count). The molecule has 16 heavy (non-hydrogen) atoms. The molecule has 0 spiro atoms. The van der Waals surface area contributed by atoms with Gasteiger partial charge in [-0.25, -0.2) is 0 Å². The number of nitrogens with one attached hydrogen (secondary N) is 1. The summed E-state index contributed by atoms with van der Waals surface area (Å²) in [5.74, 6) is 1.91. The first-order chi connectivity index (χ1) is 7.74. The van der Waals surface area contributed by atoms with Crippen molar-refractivity contribution in [3.63, 3.8) is 0 Å². The molecule has 0 aliphatic carbocycles. The summed E-state index contributed by atoms with van der Waals surface area (Å²) in [6.45, 7) is 5.67. The highest BCUT2D eigenvalue weighted by Gasteiger charge is 2.04. The fraction of sp³-hybridized carbons (Fsp3) is 0.455. The van der Waals surface area contributed by atoms with Gasteiger partial charge in [0.2, 0.25) is 0 Å². The molecule has 0 aliphatic rings. The molecule has 0 radical (unpaired) electrons. The number of aromatic nitrogens is 3. The molecule has 86 valence electrons. The fourth-order valence-corrected chi connectivity index (χ4v) is 1.55. The van der Waals surface area contributed by atoms with Crippen LogP contribution in [-0.4, -0.2) is 20.8 Å². The van der Waals surface area contributed by atoms with Gasteiger partial charge in [-0.2, -0.15) is 0 Å². The van der Waals surface area contributed by atoms with Crippen LogP contribution in [0.15, 0.2) is 29.2 Å². The van der Waals surface area contributed by atoms with Crippen molar-refractivity contribution in [2.24, 2.45) is 0 Å². The van der Waals surface area contributed by atoms with Crippen molar-refractivity contribution in [1.82, 2.24) is 20.1 Å². The van der Waals surface area contributed by atoms with E-state index in [1.807, 2.05) is 23.6 Å². The van der Waals surface area contributed by atoms with Crippen LogP contribution in [0.1, 0.15) is 18.4 Å². The Kier molecular flexibility index (Phi) is 3.36. The van der Waals surface area contributed by atoms with E-state index < -0.39 is 0 Å². The van der Waals surface area contributed by atoms with Gasteiger partial charge in [-0.1, -0.05) is 0 Å². The number of aryl methyl sites for hydroxylation is 1. The molecule has 0 aromatic carbocycles.